The van der Waals surface area contributed by atoms with E-state index < -0.39 is 11.9 Å². The van der Waals surface area contributed by atoms with Crippen molar-refractivity contribution in [1.82, 2.24) is 14.7 Å². The lowest BCUT2D eigenvalue weighted by molar-refractivity contribution is -0.121. The van der Waals surface area contributed by atoms with Gasteiger partial charge in [0.2, 0.25) is 5.91 Å². The van der Waals surface area contributed by atoms with Gasteiger partial charge in [-0.2, -0.15) is 16.9 Å². The van der Waals surface area contributed by atoms with Crippen LogP contribution >= 0.6 is 11.8 Å². The van der Waals surface area contributed by atoms with E-state index in [1.54, 1.807) is 24.9 Å². The van der Waals surface area contributed by atoms with Gasteiger partial charge in [0, 0.05) is 44.5 Å². The van der Waals surface area contributed by atoms with Crippen molar-refractivity contribution in [2.75, 3.05) is 33.0 Å². The van der Waals surface area contributed by atoms with Crippen LogP contribution < -0.4 is 11.3 Å². The highest BCUT2D eigenvalue weighted by Crippen LogP contribution is 2.27. The summed E-state index contributed by atoms with van der Waals surface area (Å²) in [6, 6.07) is 0.829. The lowest BCUT2D eigenvalue weighted by Gasteiger charge is -2.38. The monoisotopic (exact) mass is 396 g/mol. The zero-order chi connectivity index (χ0) is 20.1. The topological polar surface area (TPSA) is 90.4 Å². The Hall–Kier alpha value is -1.38. The zero-order valence-corrected chi connectivity index (χ0v) is 17.8. The second-order valence-electron chi connectivity index (χ2n) is 7.68. The number of carbonyl (C=O) groups excluding carboxylic acids is 1. The van der Waals surface area contributed by atoms with Crippen molar-refractivity contribution in [2.24, 2.45) is 11.7 Å². The third-order valence-corrected chi connectivity index (χ3v) is 6.14. The summed E-state index contributed by atoms with van der Waals surface area (Å²) >= 11 is 1.56. The quantitative estimate of drug-likeness (QED) is 0.640. The van der Waals surface area contributed by atoms with Gasteiger partial charge in [-0.15, -0.1) is 0 Å². The minimum absolute atomic E-state index is 0.0823. The molecule has 0 aliphatic carbocycles. The number of aryl methyl sites for hydroxylation is 1. The number of methoxy groups -OCH3 is 1. The van der Waals surface area contributed by atoms with Gasteiger partial charge < -0.3 is 10.5 Å². The average molecular weight is 397 g/mol. The number of hydrogen-bond donors (Lipinski definition) is 1. The fraction of sp³-hybridized carbons (Fsp3) is 0.737. The van der Waals surface area contributed by atoms with E-state index in [1.807, 2.05) is 13.2 Å². The van der Waals surface area contributed by atoms with E-state index in [0.29, 0.717) is 12.0 Å². The van der Waals surface area contributed by atoms with E-state index in [4.69, 9.17) is 10.5 Å². The van der Waals surface area contributed by atoms with E-state index in [9.17, 15) is 9.59 Å². The molecule has 1 aliphatic rings. The highest BCUT2D eigenvalue weighted by molar-refractivity contribution is 7.99. The molecule has 0 radical (unpaired) electrons. The number of nitrogens with two attached hydrogens (primary N) is 1. The molecule has 1 aliphatic heterocycles. The Morgan fingerprint density at radius 2 is 2.11 bits per heavy atom. The number of primary amides is 1. The average Bonchev–Trinajstić information content (AvgIpc) is 2.55. The number of aromatic nitrogens is 2. The van der Waals surface area contributed by atoms with Crippen LogP contribution in [0.2, 0.25) is 0 Å². The van der Waals surface area contributed by atoms with Gasteiger partial charge in [0.25, 0.3) is 5.56 Å². The van der Waals surface area contributed by atoms with Gasteiger partial charge >= 0.3 is 0 Å². The summed E-state index contributed by atoms with van der Waals surface area (Å²) in [4.78, 5) is 27.1. The van der Waals surface area contributed by atoms with Crippen molar-refractivity contribution in [3.8, 4) is 0 Å². The molecule has 2 rings (SSSR count). The minimum Gasteiger partial charge on any atom is -0.379 e. The Balaban J connectivity index is 2.23. The first-order valence-corrected chi connectivity index (χ1v) is 10.7. The number of hydrogen-bond acceptors (Lipinski definition) is 6. The molecule has 1 amide bonds. The van der Waals surface area contributed by atoms with Crippen LogP contribution in [-0.2, 0) is 16.0 Å². The van der Waals surface area contributed by atoms with Gasteiger partial charge in [0.15, 0.2) is 0 Å². The van der Waals surface area contributed by atoms with Crippen molar-refractivity contribution >= 4 is 17.7 Å². The molecule has 152 valence electrons. The maximum Gasteiger partial charge on any atom is 0.267 e. The summed E-state index contributed by atoms with van der Waals surface area (Å²) in [5.74, 6) is -0.116. The fourth-order valence-corrected chi connectivity index (χ4v) is 4.52. The van der Waals surface area contributed by atoms with Crippen LogP contribution in [0.4, 0.5) is 0 Å². The maximum atomic E-state index is 12.6. The molecule has 1 fully saturated rings. The predicted molar refractivity (Wildman–Crippen MR) is 109 cm³/mol. The van der Waals surface area contributed by atoms with Gasteiger partial charge in [-0.1, -0.05) is 13.8 Å². The molecular formula is C19H32N4O3S. The van der Waals surface area contributed by atoms with Crippen molar-refractivity contribution in [3.05, 3.63) is 27.7 Å². The number of nitrogens with zero attached hydrogens (tertiary/aromatic N) is 3. The molecule has 0 aromatic carbocycles. The highest BCUT2D eigenvalue weighted by Gasteiger charge is 2.31. The van der Waals surface area contributed by atoms with Crippen molar-refractivity contribution in [2.45, 2.75) is 51.0 Å². The summed E-state index contributed by atoms with van der Waals surface area (Å²) in [5.41, 5.74) is 7.11. The van der Waals surface area contributed by atoms with Crippen molar-refractivity contribution in [1.29, 1.82) is 0 Å². The molecule has 0 spiro atoms. The molecule has 1 aromatic rings. The normalized spacial score (nSPS) is 17.7. The minimum atomic E-state index is -0.740. The largest absolute Gasteiger partial charge is 0.379 e. The van der Waals surface area contributed by atoms with E-state index in [2.05, 4.69) is 23.8 Å². The Labute approximate surface area is 165 Å². The van der Waals surface area contributed by atoms with E-state index >= 15 is 0 Å². The summed E-state index contributed by atoms with van der Waals surface area (Å²) < 4.78 is 6.61. The molecule has 0 saturated carbocycles. The lowest BCUT2D eigenvalue weighted by Crippen LogP contribution is -2.52. The molecule has 2 heterocycles. The second kappa shape index (κ2) is 9.71. The van der Waals surface area contributed by atoms with E-state index in [0.717, 1.165) is 43.7 Å². The molecule has 1 saturated heterocycles. The summed E-state index contributed by atoms with van der Waals surface area (Å²) in [7, 11) is 1.73. The molecular weight excluding hydrogens is 364 g/mol. The Morgan fingerprint density at radius 1 is 1.44 bits per heavy atom. The van der Waals surface area contributed by atoms with E-state index in [1.165, 1.54) is 4.68 Å². The SMILES string of the molecule is COC1CN(CCc2nn(C(C(N)=O)C(CC(C)C)SC)c(=O)cc2C)C1. The first kappa shape index (κ1) is 21.9. The summed E-state index contributed by atoms with van der Waals surface area (Å²) in [6.07, 6.45) is 3.77. The van der Waals surface area contributed by atoms with Crippen LogP contribution in [-0.4, -0.2) is 64.9 Å². The zero-order valence-electron chi connectivity index (χ0n) is 17.0. The summed E-state index contributed by atoms with van der Waals surface area (Å²) in [6.45, 7) is 8.77. The number of thioether (sulfide) groups is 1. The number of ether oxygens (including phenoxy) is 1. The molecule has 2 unspecified atom stereocenters. The van der Waals surface area contributed by atoms with Crippen molar-refractivity contribution in [3.63, 3.8) is 0 Å². The molecule has 2 atom stereocenters. The Bertz CT molecular complexity index is 701. The Kier molecular flexibility index (Phi) is 7.88. The fourth-order valence-electron chi connectivity index (χ4n) is 3.44. The van der Waals surface area contributed by atoms with Crippen LogP contribution in [0.1, 0.15) is 37.6 Å². The molecule has 1 aromatic heterocycles. The van der Waals surface area contributed by atoms with Gasteiger partial charge in [0.1, 0.15) is 6.04 Å². The van der Waals surface area contributed by atoms with Gasteiger partial charge in [-0.05, 0) is 31.1 Å². The predicted octanol–water partition coefficient (Wildman–Crippen LogP) is 1.23. The van der Waals surface area contributed by atoms with Crippen LogP contribution in [0.3, 0.4) is 0 Å². The number of carbonyl (C=O) groups is 1. The molecule has 2 N–H and O–H groups in total. The molecule has 0 bridgehead atoms. The first-order valence-electron chi connectivity index (χ1n) is 9.43. The number of likely N-dealkylation sites (tertiary alicyclic amines) is 1. The molecule has 8 heteroatoms. The molecule has 7 nitrogen and oxygen atoms in total. The first-order chi connectivity index (χ1) is 12.8. The van der Waals surface area contributed by atoms with Gasteiger partial charge in [0.05, 0.1) is 11.8 Å². The standard InChI is InChI=1S/C19H32N4O3S/c1-12(2)8-16(27-5)18(19(20)25)23-17(24)9-13(3)15(21-23)6-7-22-10-14(11-22)26-4/h9,12,14,16,18H,6-8,10-11H2,1-5H3,(H2,20,25). The van der Waals surface area contributed by atoms with E-state index in [-0.39, 0.29) is 10.8 Å². The maximum absolute atomic E-state index is 12.6. The van der Waals surface area contributed by atoms with Crippen molar-refractivity contribution < 1.29 is 9.53 Å². The third kappa shape index (κ3) is 5.56. The van der Waals surface area contributed by atoms with Crippen LogP contribution in [0.15, 0.2) is 10.9 Å². The van der Waals surface area contributed by atoms with Gasteiger partial charge in [-0.3, -0.25) is 14.5 Å². The molecule has 27 heavy (non-hydrogen) atoms. The summed E-state index contributed by atoms with van der Waals surface area (Å²) in [5, 5.41) is 4.49. The number of amides is 1. The van der Waals surface area contributed by atoms with Crippen LogP contribution in [0.25, 0.3) is 0 Å². The smallest absolute Gasteiger partial charge is 0.267 e. The Morgan fingerprint density at radius 3 is 2.63 bits per heavy atom. The second-order valence-corrected chi connectivity index (χ2v) is 8.75. The highest BCUT2D eigenvalue weighted by atomic mass is 32.2. The number of rotatable bonds is 10. The lowest BCUT2D eigenvalue weighted by atomic mass is 10.0. The third-order valence-electron chi connectivity index (χ3n) is 5.08. The van der Waals surface area contributed by atoms with Crippen LogP contribution in [0, 0.1) is 12.8 Å². The van der Waals surface area contributed by atoms with Crippen LogP contribution in [0.5, 0.6) is 0 Å². The van der Waals surface area contributed by atoms with Gasteiger partial charge in [-0.25, -0.2) is 4.68 Å².